The molecule has 1 N–H and O–H groups in total. The zero-order valence-corrected chi connectivity index (χ0v) is 14.5. The third-order valence-corrected chi connectivity index (χ3v) is 4.66. The van der Waals surface area contributed by atoms with Gasteiger partial charge in [0.05, 0.1) is 22.7 Å². The van der Waals surface area contributed by atoms with Gasteiger partial charge in [-0.1, -0.05) is 23.9 Å². The van der Waals surface area contributed by atoms with Gasteiger partial charge in [0, 0.05) is 13.2 Å². The molecule has 1 aromatic carbocycles. The Morgan fingerprint density at radius 1 is 1.24 bits per heavy atom. The van der Waals surface area contributed by atoms with Crippen LogP contribution in [0.3, 0.4) is 0 Å². The topological polar surface area (TPSA) is 72.7 Å². The molecule has 3 rings (SSSR count). The summed E-state index contributed by atoms with van der Waals surface area (Å²) >= 11 is 1.25. The molecule has 0 spiro atoms. The van der Waals surface area contributed by atoms with Gasteiger partial charge in [-0.3, -0.25) is 9.78 Å². The lowest BCUT2D eigenvalue weighted by Gasteiger charge is -2.11. The zero-order chi connectivity index (χ0) is 17.8. The Kier molecular flexibility index (Phi) is 5.08. The van der Waals surface area contributed by atoms with Crippen LogP contribution in [0.1, 0.15) is 6.92 Å². The summed E-state index contributed by atoms with van der Waals surface area (Å²) in [5, 5.41) is 11.1. The van der Waals surface area contributed by atoms with Gasteiger partial charge in [0.2, 0.25) is 5.91 Å². The second kappa shape index (κ2) is 7.43. The number of carbonyl (C=O) groups excluding carboxylic acids is 1. The predicted molar refractivity (Wildman–Crippen MR) is 94.6 cm³/mol. The van der Waals surface area contributed by atoms with Crippen LogP contribution in [0.4, 0.5) is 10.1 Å². The van der Waals surface area contributed by atoms with E-state index in [-0.39, 0.29) is 11.7 Å². The van der Waals surface area contributed by atoms with Gasteiger partial charge in [-0.25, -0.2) is 4.39 Å². The van der Waals surface area contributed by atoms with Crippen LogP contribution in [0, 0.1) is 5.82 Å². The quantitative estimate of drug-likeness (QED) is 0.710. The van der Waals surface area contributed by atoms with Crippen LogP contribution in [0.5, 0.6) is 0 Å². The summed E-state index contributed by atoms with van der Waals surface area (Å²) < 4.78 is 15.6. The van der Waals surface area contributed by atoms with E-state index in [1.54, 1.807) is 61.3 Å². The van der Waals surface area contributed by atoms with Crippen molar-refractivity contribution in [3.8, 4) is 11.4 Å². The van der Waals surface area contributed by atoms with E-state index in [9.17, 15) is 9.18 Å². The van der Waals surface area contributed by atoms with Gasteiger partial charge in [0.1, 0.15) is 5.82 Å². The summed E-state index contributed by atoms with van der Waals surface area (Å²) in [6.07, 6.45) is 3.21. The number of pyridine rings is 1. The highest BCUT2D eigenvalue weighted by Crippen LogP contribution is 2.27. The molecule has 0 radical (unpaired) electrons. The number of carbonyl (C=O) groups is 1. The minimum absolute atomic E-state index is 0.173. The number of aromatic nitrogens is 4. The number of nitrogens with one attached hydrogen (secondary N) is 1. The highest BCUT2D eigenvalue weighted by atomic mass is 32.2. The SMILES string of the molecule is C[C@@H](Sc1nnc(-c2ccccc2F)n1C)C(=O)Nc1cccnc1. The van der Waals surface area contributed by atoms with Gasteiger partial charge >= 0.3 is 0 Å². The van der Waals surface area contributed by atoms with Crippen molar-refractivity contribution in [2.45, 2.75) is 17.3 Å². The van der Waals surface area contributed by atoms with E-state index in [1.165, 1.54) is 17.8 Å². The molecule has 0 saturated carbocycles. The number of rotatable bonds is 5. The van der Waals surface area contributed by atoms with Gasteiger partial charge in [0.25, 0.3) is 0 Å². The van der Waals surface area contributed by atoms with E-state index in [2.05, 4.69) is 20.5 Å². The third kappa shape index (κ3) is 3.85. The van der Waals surface area contributed by atoms with E-state index < -0.39 is 5.25 Å². The third-order valence-electron chi connectivity index (χ3n) is 3.53. The number of thioether (sulfide) groups is 1. The van der Waals surface area contributed by atoms with Gasteiger partial charge < -0.3 is 9.88 Å². The minimum Gasteiger partial charge on any atom is -0.324 e. The summed E-state index contributed by atoms with van der Waals surface area (Å²) in [6, 6.07) is 9.89. The van der Waals surface area contributed by atoms with Gasteiger partial charge in [-0.15, -0.1) is 10.2 Å². The molecule has 0 aliphatic carbocycles. The van der Waals surface area contributed by atoms with E-state index in [0.717, 1.165) is 0 Å². The Balaban J connectivity index is 1.73. The number of hydrogen-bond donors (Lipinski definition) is 1. The summed E-state index contributed by atoms with van der Waals surface area (Å²) in [5.74, 6) is -0.120. The lowest BCUT2D eigenvalue weighted by molar-refractivity contribution is -0.115. The number of anilines is 1. The number of amides is 1. The van der Waals surface area contributed by atoms with Gasteiger partial charge in [-0.05, 0) is 31.2 Å². The number of halogens is 1. The molecule has 2 aromatic heterocycles. The van der Waals surface area contributed by atoms with Crippen molar-refractivity contribution in [3.63, 3.8) is 0 Å². The fourth-order valence-electron chi connectivity index (χ4n) is 2.19. The van der Waals surface area contributed by atoms with Crippen molar-refractivity contribution in [2.75, 3.05) is 5.32 Å². The molecule has 1 atom stereocenters. The normalized spacial score (nSPS) is 12.0. The minimum atomic E-state index is -0.406. The van der Waals surface area contributed by atoms with E-state index in [1.807, 2.05) is 0 Å². The van der Waals surface area contributed by atoms with Crippen molar-refractivity contribution in [2.24, 2.45) is 7.05 Å². The Bertz CT molecular complexity index is 884. The fraction of sp³-hybridized carbons (Fsp3) is 0.176. The highest BCUT2D eigenvalue weighted by molar-refractivity contribution is 8.00. The molecule has 0 saturated heterocycles. The average Bonchev–Trinajstić information content (AvgIpc) is 2.97. The first kappa shape index (κ1) is 17.1. The molecule has 2 heterocycles. The molecule has 8 heteroatoms. The summed E-state index contributed by atoms with van der Waals surface area (Å²) in [6.45, 7) is 1.77. The molecule has 25 heavy (non-hydrogen) atoms. The van der Waals surface area contributed by atoms with Crippen LogP contribution >= 0.6 is 11.8 Å². The van der Waals surface area contributed by atoms with E-state index in [4.69, 9.17) is 0 Å². The number of nitrogens with zero attached hydrogens (tertiary/aromatic N) is 4. The standard InChI is InChI=1S/C17H16FN5OS/c1-11(16(24)20-12-6-5-9-19-10-12)25-17-22-21-15(23(17)2)13-7-3-4-8-14(13)18/h3-11H,1-2H3,(H,20,24)/t11-/m1/s1. The Labute approximate surface area is 148 Å². The molecule has 0 fully saturated rings. The van der Waals surface area contributed by atoms with E-state index in [0.29, 0.717) is 22.2 Å². The maximum atomic E-state index is 13.9. The molecule has 0 bridgehead atoms. The first-order valence-corrected chi connectivity index (χ1v) is 8.46. The monoisotopic (exact) mass is 357 g/mol. The number of benzene rings is 1. The highest BCUT2D eigenvalue weighted by Gasteiger charge is 2.20. The first-order chi connectivity index (χ1) is 12.1. The molecule has 0 aliphatic heterocycles. The fourth-order valence-corrected chi connectivity index (χ4v) is 3.00. The molecular formula is C17H16FN5OS. The van der Waals surface area contributed by atoms with Crippen molar-refractivity contribution < 1.29 is 9.18 Å². The summed E-state index contributed by atoms with van der Waals surface area (Å²) in [5.41, 5.74) is 1.00. The van der Waals surface area contributed by atoms with Gasteiger partial charge in [0.15, 0.2) is 11.0 Å². The maximum Gasteiger partial charge on any atom is 0.237 e. The van der Waals surface area contributed by atoms with E-state index >= 15 is 0 Å². The summed E-state index contributed by atoms with van der Waals surface area (Å²) in [4.78, 5) is 16.2. The molecule has 0 aliphatic rings. The molecule has 128 valence electrons. The zero-order valence-electron chi connectivity index (χ0n) is 13.7. The second-order valence-electron chi connectivity index (χ2n) is 5.34. The van der Waals surface area contributed by atoms with Crippen molar-refractivity contribution in [1.82, 2.24) is 19.7 Å². The van der Waals surface area contributed by atoms with Crippen LogP contribution < -0.4 is 5.32 Å². The van der Waals surface area contributed by atoms with Crippen LogP contribution in [-0.2, 0) is 11.8 Å². The smallest absolute Gasteiger partial charge is 0.237 e. The Morgan fingerprint density at radius 3 is 2.76 bits per heavy atom. The molecule has 6 nitrogen and oxygen atoms in total. The van der Waals surface area contributed by atoms with Gasteiger partial charge in [-0.2, -0.15) is 0 Å². The lowest BCUT2D eigenvalue weighted by Crippen LogP contribution is -2.22. The van der Waals surface area contributed by atoms with Crippen LogP contribution in [0.2, 0.25) is 0 Å². The Morgan fingerprint density at radius 2 is 2.04 bits per heavy atom. The van der Waals surface area contributed by atoms with Crippen molar-refractivity contribution >= 4 is 23.4 Å². The molecule has 3 aromatic rings. The van der Waals surface area contributed by atoms with Crippen LogP contribution in [-0.4, -0.2) is 30.9 Å². The number of hydrogen-bond acceptors (Lipinski definition) is 5. The Hall–Kier alpha value is -2.74. The largest absolute Gasteiger partial charge is 0.324 e. The lowest BCUT2D eigenvalue weighted by atomic mass is 10.2. The summed E-state index contributed by atoms with van der Waals surface area (Å²) in [7, 11) is 1.75. The maximum absolute atomic E-state index is 13.9. The molecule has 0 unspecified atom stereocenters. The first-order valence-electron chi connectivity index (χ1n) is 7.58. The average molecular weight is 357 g/mol. The predicted octanol–water partition coefficient (Wildman–Crippen LogP) is 3.14. The van der Waals surface area contributed by atoms with Crippen LogP contribution in [0.15, 0.2) is 53.9 Å². The second-order valence-corrected chi connectivity index (χ2v) is 6.64. The van der Waals surface area contributed by atoms with Crippen molar-refractivity contribution in [3.05, 3.63) is 54.6 Å². The van der Waals surface area contributed by atoms with Crippen molar-refractivity contribution in [1.29, 1.82) is 0 Å². The van der Waals surface area contributed by atoms with Crippen LogP contribution in [0.25, 0.3) is 11.4 Å². The molecular weight excluding hydrogens is 341 g/mol. The molecule has 1 amide bonds.